The Balaban J connectivity index is 1.37. The third-order valence-corrected chi connectivity index (χ3v) is 8.35. The molecule has 3 aromatic carbocycles. The molecule has 0 atom stereocenters. The van der Waals surface area contributed by atoms with Crippen molar-refractivity contribution in [1.82, 2.24) is 15.1 Å². The Kier molecular flexibility index (Phi) is 11.3. The van der Waals surface area contributed by atoms with E-state index >= 15 is 0 Å². The van der Waals surface area contributed by atoms with Gasteiger partial charge in [-0.15, -0.1) is 0 Å². The molecule has 0 bridgehead atoms. The Labute approximate surface area is 254 Å². The van der Waals surface area contributed by atoms with Gasteiger partial charge < -0.3 is 15.0 Å². The maximum Gasteiger partial charge on any atom is 0.269 e. The van der Waals surface area contributed by atoms with Crippen LogP contribution < -0.4 is 10.1 Å². The van der Waals surface area contributed by atoms with Gasteiger partial charge in [0, 0.05) is 62.4 Å². The average Bonchev–Trinajstić information content (AvgIpc) is 3.04. The van der Waals surface area contributed by atoms with Gasteiger partial charge in [0.15, 0.2) is 0 Å². The van der Waals surface area contributed by atoms with Crippen LogP contribution in [0.25, 0.3) is 0 Å². The molecule has 228 valence electrons. The van der Waals surface area contributed by atoms with E-state index in [2.05, 4.69) is 29.0 Å². The zero-order valence-electron chi connectivity index (χ0n) is 25.3. The Hall–Kier alpha value is -4.24. The Morgan fingerprint density at radius 1 is 0.930 bits per heavy atom. The summed E-state index contributed by atoms with van der Waals surface area (Å²) >= 11 is 0. The van der Waals surface area contributed by atoms with E-state index in [1.54, 1.807) is 19.2 Å². The smallest absolute Gasteiger partial charge is 0.269 e. The number of nitro benzene ring substituents is 1. The largest absolute Gasteiger partial charge is 0.497 e. The van der Waals surface area contributed by atoms with Crippen LogP contribution in [-0.2, 0) is 24.4 Å². The Morgan fingerprint density at radius 3 is 2.07 bits per heavy atom. The van der Waals surface area contributed by atoms with Gasteiger partial charge in [0.2, 0.25) is 5.91 Å². The number of methoxy groups -OCH3 is 1. The van der Waals surface area contributed by atoms with Crippen molar-refractivity contribution in [2.45, 2.75) is 65.2 Å². The van der Waals surface area contributed by atoms with Crippen LogP contribution >= 0.6 is 0 Å². The van der Waals surface area contributed by atoms with Crippen LogP contribution in [0, 0.1) is 16.0 Å². The summed E-state index contributed by atoms with van der Waals surface area (Å²) in [6, 6.07) is 22.0. The number of benzene rings is 3. The highest BCUT2D eigenvalue weighted by Gasteiger charge is 2.31. The zero-order valence-corrected chi connectivity index (χ0v) is 25.3. The second-order valence-electron chi connectivity index (χ2n) is 11.1. The summed E-state index contributed by atoms with van der Waals surface area (Å²) in [5.41, 5.74) is 3.71. The average molecular weight is 587 g/mol. The molecule has 4 rings (SSSR count). The molecule has 1 heterocycles. The molecule has 1 fully saturated rings. The number of nitrogens with one attached hydrogen (secondary N) is 1. The van der Waals surface area contributed by atoms with Crippen molar-refractivity contribution in [3.05, 3.63) is 105 Å². The van der Waals surface area contributed by atoms with E-state index in [4.69, 9.17) is 4.74 Å². The van der Waals surface area contributed by atoms with Gasteiger partial charge in [0.1, 0.15) is 5.75 Å². The first-order chi connectivity index (χ1) is 20.8. The molecule has 1 aliphatic rings. The fourth-order valence-electron chi connectivity index (χ4n) is 5.62. The van der Waals surface area contributed by atoms with Crippen LogP contribution in [0.2, 0.25) is 0 Å². The van der Waals surface area contributed by atoms with E-state index < -0.39 is 0 Å². The number of amides is 2. The van der Waals surface area contributed by atoms with Gasteiger partial charge in [-0.3, -0.25) is 24.6 Å². The first-order valence-electron chi connectivity index (χ1n) is 15.1. The minimum Gasteiger partial charge on any atom is -0.497 e. The SMILES string of the molecule is CCC(CC)C(=O)N(Cc1ccc(C(=O)NCc2ccc(OC)cc2)cc1)C1CCN(Cc2ccc([N+](=O)[O-])cc2)CC1. The molecular formula is C34H42N4O5. The highest BCUT2D eigenvalue weighted by Crippen LogP contribution is 2.25. The molecule has 0 spiro atoms. The molecular weight excluding hydrogens is 544 g/mol. The number of rotatable bonds is 13. The molecule has 0 saturated carbocycles. The van der Waals surface area contributed by atoms with Crippen molar-refractivity contribution in [1.29, 1.82) is 0 Å². The lowest BCUT2D eigenvalue weighted by atomic mass is 9.96. The summed E-state index contributed by atoms with van der Waals surface area (Å²) < 4.78 is 5.19. The monoisotopic (exact) mass is 586 g/mol. The normalized spacial score (nSPS) is 14.0. The molecule has 1 aliphatic heterocycles. The van der Waals surface area contributed by atoms with Crippen molar-refractivity contribution >= 4 is 17.5 Å². The number of nitrogens with zero attached hydrogens (tertiary/aromatic N) is 3. The van der Waals surface area contributed by atoms with Gasteiger partial charge in [-0.1, -0.05) is 50.2 Å². The Morgan fingerprint density at radius 2 is 1.51 bits per heavy atom. The highest BCUT2D eigenvalue weighted by molar-refractivity contribution is 5.94. The molecule has 1 N–H and O–H groups in total. The van der Waals surface area contributed by atoms with E-state index in [0.29, 0.717) is 18.7 Å². The first kappa shape index (κ1) is 31.7. The van der Waals surface area contributed by atoms with Crippen LogP contribution in [0.1, 0.15) is 66.6 Å². The van der Waals surface area contributed by atoms with Gasteiger partial charge in [-0.05, 0) is 66.6 Å². The van der Waals surface area contributed by atoms with Crippen LogP contribution in [0.5, 0.6) is 5.75 Å². The minimum absolute atomic E-state index is 0.0128. The zero-order chi connectivity index (χ0) is 30.8. The topological polar surface area (TPSA) is 105 Å². The van der Waals surface area contributed by atoms with Crippen molar-refractivity contribution in [2.75, 3.05) is 20.2 Å². The summed E-state index contributed by atoms with van der Waals surface area (Å²) in [5, 5.41) is 13.9. The minimum atomic E-state index is -0.382. The lowest BCUT2D eigenvalue weighted by Gasteiger charge is -2.40. The van der Waals surface area contributed by atoms with Crippen LogP contribution in [0.4, 0.5) is 5.69 Å². The first-order valence-corrected chi connectivity index (χ1v) is 15.1. The summed E-state index contributed by atoms with van der Waals surface area (Å²) in [4.78, 5) is 41.4. The number of non-ortho nitro benzene ring substituents is 1. The van der Waals surface area contributed by atoms with Crippen molar-refractivity contribution in [2.24, 2.45) is 5.92 Å². The predicted octanol–water partition coefficient (Wildman–Crippen LogP) is 5.96. The summed E-state index contributed by atoms with van der Waals surface area (Å²) in [7, 11) is 1.62. The molecule has 9 heteroatoms. The number of carbonyl (C=O) groups is 2. The van der Waals surface area contributed by atoms with Gasteiger partial charge in [0.25, 0.3) is 11.6 Å². The fourth-order valence-corrected chi connectivity index (χ4v) is 5.62. The van der Waals surface area contributed by atoms with E-state index in [-0.39, 0.29) is 34.4 Å². The van der Waals surface area contributed by atoms with Gasteiger partial charge >= 0.3 is 0 Å². The van der Waals surface area contributed by atoms with Gasteiger partial charge in [-0.2, -0.15) is 0 Å². The quantitative estimate of drug-likeness (QED) is 0.196. The second kappa shape index (κ2) is 15.3. The Bertz CT molecular complexity index is 1350. The summed E-state index contributed by atoms with van der Waals surface area (Å²) in [6.45, 7) is 7.49. The number of ether oxygens (including phenoxy) is 1. The molecule has 0 radical (unpaired) electrons. The van der Waals surface area contributed by atoms with E-state index in [1.807, 2.05) is 60.7 Å². The summed E-state index contributed by atoms with van der Waals surface area (Å²) in [6.07, 6.45) is 3.34. The van der Waals surface area contributed by atoms with Gasteiger partial charge in [0.05, 0.1) is 12.0 Å². The lowest BCUT2D eigenvalue weighted by molar-refractivity contribution is -0.384. The van der Waals surface area contributed by atoms with Crippen molar-refractivity contribution in [3.8, 4) is 5.75 Å². The van der Waals surface area contributed by atoms with E-state index in [9.17, 15) is 19.7 Å². The molecule has 0 unspecified atom stereocenters. The van der Waals surface area contributed by atoms with Crippen LogP contribution in [0.15, 0.2) is 72.8 Å². The number of carbonyl (C=O) groups excluding carboxylic acids is 2. The standard InChI is InChI=1S/C34H42N4O5/c1-4-28(5-2)34(40)37(30-18-20-36(21-19-30)23-26-8-14-31(15-9-26)38(41)42)24-27-6-12-29(13-7-27)33(39)35-22-25-10-16-32(43-3)17-11-25/h6-17,28,30H,4-5,18-24H2,1-3H3,(H,35,39). The second-order valence-corrected chi connectivity index (χ2v) is 11.1. The highest BCUT2D eigenvalue weighted by atomic mass is 16.6. The number of hydrogen-bond donors (Lipinski definition) is 1. The van der Waals surface area contributed by atoms with Crippen molar-refractivity contribution < 1.29 is 19.2 Å². The molecule has 0 aromatic heterocycles. The van der Waals surface area contributed by atoms with E-state index in [1.165, 1.54) is 0 Å². The third kappa shape index (κ3) is 8.64. The number of piperidine rings is 1. The predicted molar refractivity (Wildman–Crippen MR) is 167 cm³/mol. The molecule has 0 aliphatic carbocycles. The summed E-state index contributed by atoms with van der Waals surface area (Å²) in [5.74, 6) is 0.809. The molecule has 3 aromatic rings. The molecule has 9 nitrogen and oxygen atoms in total. The molecule has 1 saturated heterocycles. The third-order valence-electron chi connectivity index (χ3n) is 8.35. The lowest BCUT2D eigenvalue weighted by Crippen LogP contribution is -2.48. The number of hydrogen-bond acceptors (Lipinski definition) is 6. The molecule has 2 amide bonds. The van der Waals surface area contributed by atoms with Crippen LogP contribution in [-0.4, -0.2) is 52.8 Å². The van der Waals surface area contributed by atoms with Crippen LogP contribution in [0.3, 0.4) is 0 Å². The number of likely N-dealkylation sites (tertiary alicyclic amines) is 1. The van der Waals surface area contributed by atoms with E-state index in [0.717, 1.165) is 67.8 Å². The molecule has 43 heavy (non-hydrogen) atoms. The van der Waals surface area contributed by atoms with Crippen molar-refractivity contribution in [3.63, 3.8) is 0 Å². The van der Waals surface area contributed by atoms with Gasteiger partial charge in [-0.25, -0.2) is 0 Å². The number of nitro groups is 1. The fraction of sp³-hybridized carbons (Fsp3) is 0.412. The maximum atomic E-state index is 13.7. The maximum absolute atomic E-state index is 13.7.